The summed E-state index contributed by atoms with van der Waals surface area (Å²) in [6.07, 6.45) is 10.2. The van der Waals surface area contributed by atoms with Crippen molar-refractivity contribution in [3.8, 4) is 0 Å². The van der Waals surface area contributed by atoms with E-state index in [1.807, 2.05) is 0 Å². The summed E-state index contributed by atoms with van der Waals surface area (Å²) < 4.78 is 12.2. The van der Waals surface area contributed by atoms with Gasteiger partial charge < -0.3 is 9.47 Å². The van der Waals surface area contributed by atoms with Gasteiger partial charge in [0.25, 0.3) is 0 Å². The fourth-order valence-electron chi connectivity index (χ4n) is 3.47. The van der Waals surface area contributed by atoms with Gasteiger partial charge in [-0.1, -0.05) is 75.8 Å². The molecule has 0 radical (unpaired) electrons. The summed E-state index contributed by atoms with van der Waals surface area (Å²) in [5.74, 6) is -0.0890. The quantitative estimate of drug-likeness (QED) is 0.290. The minimum absolute atomic E-state index is 0.394. The molecule has 2 nitrogen and oxygen atoms in total. The van der Waals surface area contributed by atoms with Gasteiger partial charge in [0.2, 0.25) is 0 Å². The standard InChI is InChI=1S/C22H38O2/c1-5-8-9-10-11-15-18-21(19-20-16-13-12-14-17-20)22(4,23-6-2)24-7-3/h12-14,16-17,21H,5-11,15,18-19H2,1-4H3. The molecule has 0 aromatic heterocycles. The number of unbranched alkanes of at least 4 members (excludes halogenated alkanes) is 5. The van der Waals surface area contributed by atoms with Crippen molar-refractivity contribution in [1.82, 2.24) is 0 Å². The SMILES string of the molecule is CCCCCCCCC(Cc1ccccc1)C(C)(OCC)OCC. The van der Waals surface area contributed by atoms with Crippen molar-refractivity contribution in [2.24, 2.45) is 5.92 Å². The van der Waals surface area contributed by atoms with Crippen LogP contribution in [0.15, 0.2) is 30.3 Å². The highest BCUT2D eigenvalue weighted by Crippen LogP contribution is 2.31. The minimum atomic E-state index is -0.483. The van der Waals surface area contributed by atoms with Gasteiger partial charge in [-0.25, -0.2) is 0 Å². The zero-order valence-corrected chi connectivity index (χ0v) is 16.4. The lowest BCUT2D eigenvalue weighted by molar-refractivity contribution is -0.253. The van der Waals surface area contributed by atoms with Gasteiger partial charge >= 0.3 is 0 Å². The highest BCUT2D eigenvalue weighted by Gasteiger charge is 2.35. The second-order valence-electron chi connectivity index (χ2n) is 6.83. The highest BCUT2D eigenvalue weighted by atomic mass is 16.7. The van der Waals surface area contributed by atoms with Crippen LogP contribution in [0.5, 0.6) is 0 Å². The van der Waals surface area contributed by atoms with Crippen molar-refractivity contribution < 1.29 is 9.47 Å². The first-order valence-electron chi connectivity index (χ1n) is 9.98. The van der Waals surface area contributed by atoms with Crippen LogP contribution in [0.25, 0.3) is 0 Å². The molecule has 1 rings (SSSR count). The van der Waals surface area contributed by atoms with Gasteiger partial charge in [-0.15, -0.1) is 0 Å². The molecule has 138 valence electrons. The van der Waals surface area contributed by atoms with Gasteiger partial charge in [-0.2, -0.15) is 0 Å². The molecule has 2 heteroatoms. The van der Waals surface area contributed by atoms with Gasteiger partial charge in [-0.05, 0) is 39.2 Å². The Balaban J connectivity index is 2.67. The summed E-state index contributed by atoms with van der Waals surface area (Å²) in [7, 11) is 0. The predicted molar refractivity (Wildman–Crippen MR) is 103 cm³/mol. The molecule has 0 aliphatic carbocycles. The van der Waals surface area contributed by atoms with E-state index in [0.717, 1.165) is 12.8 Å². The maximum absolute atomic E-state index is 6.08. The van der Waals surface area contributed by atoms with Gasteiger partial charge in [-0.3, -0.25) is 0 Å². The average Bonchev–Trinajstić information content (AvgIpc) is 2.58. The zero-order valence-electron chi connectivity index (χ0n) is 16.4. The second-order valence-corrected chi connectivity index (χ2v) is 6.83. The Morgan fingerprint density at radius 2 is 1.42 bits per heavy atom. The number of hydrogen-bond donors (Lipinski definition) is 0. The van der Waals surface area contributed by atoms with Crippen LogP contribution in [-0.2, 0) is 15.9 Å². The third kappa shape index (κ3) is 7.81. The molecule has 0 heterocycles. The molecule has 1 unspecified atom stereocenters. The number of benzene rings is 1. The van der Waals surface area contributed by atoms with Crippen LogP contribution in [0.3, 0.4) is 0 Å². The molecule has 1 aromatic carbocycles. The third-order valence-corrected chi connectivity index (χ3v) is 4.83. The van der Waals surface area contributed by atoms with Gasteiger partial charge in [0.05, 0.1) is 0 Å². The van der Waals surface area contributed by atoms with Crippen LogP contribution in [0.2, 0.25) is 0 Å². The number of rotatable bonds is 14. The van der Waals surface area contributed by atoms with Crippen LogP contribution >= 0.6 is 0 Å². The average molecular weight is 335 g/mol. The molecule has 0 aliphatic rings. The summed E-state index contributed by atoms with van der Waals surface area (Å²) in [4.78, 5) is 0. The van der Waals surface area contributed by atoms with E-state index in [1.165, 1.54) is 44.1 Å². The molecule has 24 heavy (non-hydrogen) atoms. The molecule has 1 atom stereocenters. The van der Waals surface area contributed by atoms with Crippen molar-refractivity contribution in [3.05, 3.63) is 35.9 Å². The fraction of sp³-hybridized carbons (Fsp3) is 0.727. The van der Waals surface area contributed by atoms with Crippen LogP contribution in [0.1, 0.15) is 78.2 Å². The number of hydrogen-bond acceptors (Lipinski definition) is 2. The van der Waals surface area contributed by atoms with Gasteiger partial charge in [0, 0.05) is 19.1 Å². The first kappa shape index (κ1) is 21.2. The van der Waals surface area contributed by atoms with Crippen LogP contribution in [0.4, 0.5) is 0 Å². The van der Waals surface area contributed by atoms with E-state index in [4.69, 9.17) is 9.47 Å². The smallest absolute Gasteiger partial charge is 0.168 e. The summed E-state index contributed by atoms with van der Waals surface area (Å²) >= 11 is 0. The van der Waals surface area contributed by atoms with E-state index >= 15 is 0 Å². The van der Waals surface area contributed by atoms with E-state index in [9.17, 15) is 0 Å². The van der Waals surface area contributed by atoms with Gasteiger partial charge in [0.1, 0.15) is 0 Å². The molecule has 0 bridgehead atoms. The third-order valence-electron chi connectivity index (χ3n) is 4.83. The van der Waals surface area contributed by atoms with Crippen LogP contribution in [0, 0.1) is 5.92 Å². The molecule has 0 saturated heterocycles. The van der Waals surface area contributed by atoms with Crippen LogP contribution in [-0.4, -0.2) is 19.0 Å². The van der Waals surface area contributed by atoms with Crippen molar-refractivity contribution >= 4 is 0 Å². The maximum atomic E-state index is 6.08. The first-order valence-corrected chi connectivity index (χ1v) is 9.98. The normalized spacial score (nSPS) is 13.2. The highest BCUT2D eigenvalue weighted by molar-refractivity contribution is 5.15. The van der Waals surface area contributed by atoms with E-state index < -0.39 is 5.79 Å². The second kappa shape index (κ2) is 12.5. The predicted octanol–water partition coefficient (Wildman–Crippen LogP) is 6.39. The zero-order chi connectivity index (χ0) is 17.7. The van der Waals surface area contributed by atoms with Crippen molar-refractivity contribution in [2.75, 3.05) is 13.2 Å². The van der Waals surface area contributed by atoms with Crippen molar-refractivity contribution in [3.63, 3.8) is 0 Å². The van der Waals surface area contributed by atoms with E-state index in [-0.39, 0.29) is 0 Å². The number of ether oxygens (including phenoxy) is 2. The molecule has 0 aliphatic heterocycles. The Morgan fingerprint density at radius 3 is 2.00 bits per heavy atom. The van der Waals surface area contributed by atoms with Gasteiger partial charge in [0.15, 0.2) is 5.79 Å². The van der Waals surface area contributed by atoms with Crippen LogP contribution < -0.4 is 0 Å². The molecule has 0 N–H and O–H groups in total. The van der Waals surface area contributed by atoms with Crippen molar-refractivity contribution in [2.45, 2.75) is 84.8 Å². The first-order chi connectivity index (χ1) is 11.7. The van der Waals surface area contributed by atoms with E-state index in [1.54, 1.807) is 0 Å². The fourth-order valence-corrected chi connectivity index (χ4v) is 3.47. The lowest BCUT2D eigenvalue weighted by Gasteiger charge is -2.37. The molecule has 0 spiro atoms. The lowest BCUT2D eigenvalue weighted by Crippen LogP contribution is -2.42. The lowest BCUT2D eigenvalue weighted by atomic mass is 9.87. The molecular weight excluding hydrogens is 296 g/mol. The Bertz CT molecular complexity index is 396. The monoisotopic (exact) mass is 334 g/mol. The summed E-state index contributed by atoms with van der Waals surface area (Å²) in [6, 6.07) is 10.8. The minimum Gasteiger partial charge on any atom is -0.350 e. The Kier molecular flexibility index (Phi) is 11.0. The molecule has 1 aromatic rings. The van der Waals surface area contributed by atoms with Crippen molar-refractivity contribution in [1.29, 1.82) is 0 Å². The Labute approximate surface area is 149 Å². The maximum Gasteiger partial charge on any atom is 0.168 e. The molecule has 0 fully saturated rings. The topological polar surface area (TPSA) is 18.5 Å². The Morgan fingerprint density at radius 1 is 0.833 bits per heavy atom. The van der Waals surface area contributed by atoms with E-state index in [2.05, 4.69) is 58.0 Å². The summed E-state index contributed by atoms with van der Waals surface area (Å²) in [5.41, 5.74) is 1.37. The van der Waals surface area contributed by atoms with E-state index in [0.29, 0.717) is 19.1 Å². The molecule has 0 amide bonds. The molecule has 0 saturated carbocycles. The Hall–Kier alpha value is -0.860. The summed E-state index contributed by atoms with van der Waals surface area (Å²) in [6.45, 7) is 9.90. The molecular formula is C22H38O2. The summed E-state index contributed by atoms with van der Waals surface area (Å²) in [5, 5.41) is 0. The largest absolute Gasteiger partial charge is 0.350 e.